The standard InChI is InChI=1S/C17H18FNO/c1-12-3-9-16(13(2)11-12)19-17(20)10-6-14-4-7-15(18)8-5-14/h3-5,7-9,11H,6,10H2,1-2H3,(H,19,20). The van der Waals surface area contributed by atoms with Gasteiger partial charge in [0, 0.05) is 12.1 Å². The molecule has 0 saturated heterocycles. The second kappa shape index (κ2) is 6.33. The molecule has 0 aliphatic rings. The lowest BCUT2D eigenvalue weighted by Gasteiger charge is -2.09. The van der Waals surface area contributed by atoms with E-state index in [0.717, 1.165) is 16.8 Å². The molecule has 20 heavy (non-hydrogen) atoms. The van der Waals surface area contributed by atoms with E-state index in [0.29, 0.717) is 12.8 Å². The van der Waals surface area contributed by atoms with Crippen molar-refractivity contribution in [3.05, 3.63) is 65.0 Å². The third-order valence-corrected chi connectivity index (χ3v) is 3.21. The molecule has 2 aromatic carbocycles. The van der Waals surface area contributed by atoms with Gasteiger partial charge in [0.1, 0.15) is 5.82 Å². The molecule has 1 amide bonds. The van der Waals surface area contributed by atoms with Gasteiger partial charge < -0.3 is 5.32 Å². The van der Waals surface area contributed by atoms with Gasteiger partial charge in [-0.25, -0.2) is 4.39 Å². The second-order valence-corrected chi connectivity index (χ2v) is 4.99. The largest absolute Gasteiger partial charge is 0.326 e. The summed E-state index contributed by atoms with van der Waals surface area (Å²) >= 11 is 0. The first-order valence-corrected chi connectivity index (χ1v) is 6.66. The molecule has 0 unspecified atom stereocenters. The minimum absolute atomic E-state index is 0.0266. The number of hydrogen-bond acceptors (Lipinski definition) is 1. The number of carbonyl (C=O) groups is 1. The van der Waals surface area contributed by atoms with E-state index < -0.39 is 0 Å². The van der Waals surface area contributed by atoms with Crippen LogP contribution in [0, 0.1) is 19.7 Å². The first-order valence-electron chi connectivity index (χ1n) is 6.66. The molecule has 0 fully saturated rings. The third-order valence-electron chi connectivity index (χ3n) is 3.21. The molecule has 0 radical (unpaired) electrons. The smallest absolute Gasteiger partial charge is 0.224 e. The average Bonchev–Trinajstić information content (AvgIpc) is 2.41. The van der Waals surface area contributed by atoms with Crippen LogP contribution in [0.25, 0.3) is 0 Å². The molecule has 2 aromatic rings. The van der Waals surface area contributed by atoms with E-state index in [9.17, 15) is 9.18 Å². The molecule has 2 rings (SSSR count). The minimum Gasteiger partial charge on any atom is -0.326 e. The summed E-state index contributed by atoms with van der Waals surface area (Å²) in [6.07, 6.45) is 0.996. The molecule has 0 saturated carbocycles. The van der Waals surface area contributed by atoms with Crippen molar-refractivity contribution in [1.29, 1.82) is 0 Å². The first-order chi connectivity index (χ1) is 9.54. The van der Waals surface area contributed by atoms with Crippen molar-refractivity contribution in [2.75, 3.05) is 5.32 Å². The van der Waals surface area contributed by atoms with Crippen LogP contribution in [0.4, 0.5) is 10.1 Å². The molecule has 0 aliphatic heterocycles. The zero-order valence-electron chi connectivity index (χ0n) is 11.7. The number of rotatable bonds is 4. The minimum atomic E-state index is -0.256. The van der Waals surface area contributed by atoms with Crippen LogP contribution in [0.3, 0.4) is 0 Å². The monoisotopic (exact) mass is 271 g/mol. The number of carbonyl (C=O) groups excluding carboxylic acids is 1. The highest BCUT2D eigenvalue weighted by Crippen LogP contribution is 2.16. The van der Waals surface area contributed by atoms with Crippen molar-refractivity contribution >= 4 is 11.6 Å². The molecular weight excluding hydrogens is 253 g/mol. The summed E-state index contributed by atoms with van der Waals surface area (Å²) in [5.41, 5.74) is 4.04. The molecule has 1 N–H and O–H groups in total. The van der Waals surface area contributed by atoms with E-state index in [2.05, 4.69) is 5.32 Å². The number of hydrogen-bond donors (Lipinski definition) is 1. The zero-order chi connectivity index (χ0) is 14.5. The average molecular weight is 271 g/mol. The van der Waals surface area contributed by atoms with E-state index in [-0.39, 0.29) is 11.7 Å². The maximum Gasteiger partial charge on any atom is 0.224 e. The summed E-state index contributed by atoms with van der Waals surface area (Å²) < 4.78 is 12.8. The fourth-order valence-electron chi connectivity index (χ4n) is 2.08. The van der Waals surface area contributed by atoms with Gasteiger partial charge >= 0.3 is 0 Å². The predicted molar refractivity (Wildman–Crippen MR) is 79.3 cm³/mol. The van der Waals surface area contributed by atoms with Crippen LogP contribution in [0.2, 0.25) is 0 Å². The normalized spacial score (nSPS) is 10.3. The fraction of sp³-hybridized carbons (Fsp3) is 0.235. The summed E-state index contributed by atoms with van der Waals surface area (Å²) in [5.74, 6) is -0.283. The summed E-state index contributed by atoms with van der Waals surface area (Å²) in [7, 11) is 0. The van der Waals surface area contributed by atoms with Gasteiger partial charge in [-0.3, -0.25) is 4.79 Å². The van der Waals surface area contributed by atoms with Gasteiger partial charge in [-0.05, 0) is 49.6 Å². The lowest BCUT2D eigenvalue weighted by Crippen LogP contribution is -2.13. The lowest BCUT2D eigenvalue weighted by atomic mass is 10.1. The lowest BCUT2D eigenvalue weighted by molar-refractivity contribution is -0.116. The van der Waals surface area contributed by atoms with Crippen molar-refractivity contribution in [2.45, 2.75) is 26.7 Å². The van der Waals surface area contributed by atoms with Gasteiger partial charge in [-0.1, -0.05) is 29.8 Å². The quantitative estimate of drug-likeness (QED) is 0.894. The van der Waals surface area contributed by atoms with Gasteiger partial charge in [0.05, 0.1) is 0 Å². The highest BCUT2D eigenvalue weighted by molar-refractivity contribution is 5.91. The Labute approximate surface area is 118 Å². The van der Waals surface area contributed by atoms with Gasteiger partial charge in [-0.15, -0.1) is 0 Å². The Morgan fingerprint density at radius 1 is 1.10 bits per heavy atom. The topological polar surface area (TPSA) is 29.1 Å². The molecule has 0 bridgehead atoms. The predicted octanol–water partition coefficient (Wildman–Crippen LogP) is 4.01. The Balaban J connectivity index is 1.90. The molecule has 104 valence electrons. The maximum atomic E-state index is 12.8. The zero-order valence-corrected chi connectivity index (χ0v) is 11.7. The van der Waals surface area contributed by atoms with Crippen molar-refractivity contribution in [3.63, 3.8) is 0 Å². The van der Waals surface area contributed by atoms with Gasteiger partial charge in [0.25, 0.3) is 0 Å². The Kier molecular flexibility index (Phi) is 4.51. The van der Waals surface area contributed by atoms with Crippen LogP contribution >= 0.6 is 0 Å². The maximum absolute atomic E-state index is 12.8. The van der Waals surface area contributed by atoms with Crippen molar-refractivity contribution in [3.8, 4) is 0 Å². The van der Waals surface area contributed by atoms with E-state index >= 15 is 0 Å². The number of benzene rings is 2. The van der Waals surface area contributed by atoms with Crippen molar-refractivity contribution in [2.24, 2.45) is 0 Å². The van der Waals surface area contributed by atoms with Gasteiger partial charge in [0.2, 0.25) is 5.91 Å². The third kappa shape index (κ3) is 3.92. The molecule has 0 aromatic heterocycles. The van der Waals surface area contributed by atoms with Crippen LogP contribution in [-0.4, -0.2) is 5.91 Å². The SMILES string of the molecule is Cc1ccc(NC(=O)CCc2ccc(F)cc2)c(C)c1. The summed E-state index contributed by atoms with van der Waals surface area (Å²) in [6, 6.07) is 12.2. The fourth-order valence-corrected chi connectivity index (χ4v) is 2.08. The number of aryl methyl sites for hydroxylation is 3. The molecule has 0 aliphatic carbocycles. The highest BCUT2D eigenvalue weighted by atomic mass is 19.1. The molecule has 0 heterocycles. The van der Waals surface area contributed by atoms with E-state index in [4.69, 9.17) is 0 Å². The van der Waals surface area contributed by atoms with Crippen molar-refractivity contribution in [1.82, 2.24) is 0 Å². The molecule has 3 heteroatoms. The van der Waals surface area contributed by atoms with Gasteiger partial charge in [0.15, 0.2) is 0 Å². The molecule has 0 atom stereocenters. The number of amides is 1. The van der Waals surface area contributed by atoms with Crippen LogP contribution < -0.4 is 5.32 Å². The number of halogens is 1. The second-order valence-electron chi connectivity index (χ2n) is 4.99. The summed E-state index contributed by atoms with van der Waals surface area (Å²) in [5, 5.41) is 2.91. The van der Waals surface area contributed by atoms with Crippen LogP contribution in [-0.2, 0) is 11.2 Å². The van der Waals surface area contributed by atoms with E-state index in [1.807, 2.05) is 32.0 Å². The van der Waals surface area contributed by atoms with Crippen LogP contribution in [0.5, 0.6) is 0 Å². The molecule has 0 spiro atoms. The molecule has 2 nitrogen and oxygen atoms in total. The van der Waals surface area contributed by atoms with Crippen LogP contribution in [0.1, 0.15) is 23.1 Å². The van der Waals surface area contributed by atoms with Crippen LogP contribution in [0.15, 0.2) is 42.5 Å². The summed E-state index contributed by atoms with van der Waals surface area (Å²) in [6.45, 7) is 4.00. The number of anilines is 1. The Morgan fingerprint density at radius 3 is 2.45 bits per heavy atom. The van der Waals surface area contributed by atoms with E-state index in [1.165, 1.54) is 17.7 Å². The van der Waals surface area contributed by atoms with Crippen molar-refractivity contribution < 1.29 is 9.18 Å². The Hall–Kier alpha value is -2.16. The Bertz CT molecular complexity index is 605. The highest BCUT2D eigenvalue weighted by Gasteiger charge is 2.05. The molecular formula is C17H18FNO. The van der Waals surface area contributed by atoms with E-state index in [1.54, 1.807) is 12.1 Å². The summed E-state index contributed by atoms with van der Waals surface area (Å²) in [4.78, 5) is 11.9. The Morgan fingerprint density at radius 2 is 1.80 bits per heavy atom. The van der Waals surface area contributed by atoms with Gasteiger partial charge in [-0.2, -0.15) is 0 Å². The first kappa shape index (κ1) is 14.3. The number of nitrogens with one attached hydrogen (secondary N) is 1.